The summed E-state index contributed by atoms with van der Waals surface area (Å²) in [5.41, 5.74) is 5.64. The number of benzene rings is 2. The monoisotopic (exact) mass is 322 g/mol. The van der Waals surface area contributed by atoms with E-state index in [0.717, 1.165) is 18.6 Å². The number of methoxy groups -OCH3 is 1. The minimum Gasteiger partial charge on any atom is -0.508 e. The van der Waals surface area contributed by atoms with E-state index in [-0.39, 0.29) is 16.2 Å². The molecule has 0 saturated carbocycles. The molecule has 0 saturated heterocycles. The Morgan fingerprint density at radius 2 is 1.33 bits per heavy atom. The Kier molecular flexibility index (Phi) is 2.96. The van der Waals surface area contributed by atoms with E-state index in [1.807, 2.05) is 12.1 Å². The molecule has 24 heavy (non-hydrogen) atoms. The van der Waals surface area contributed by atoms with E-state index in [2.05, 4.69) is 52.0 Å². The fraction of sp³-hybridized carbons (Fsp3) is 0.455. The third-order valence-corrected chi connectivity index (χ3v) is 6.21. The number of fused-ring (bicyclic) bond motifs is 4. The van der Waals surface area contributed by atoms with E-state index in [4.69, 9.17) is 4.74 Å². The van der Waals surface area contributed by atoms with Gasteiger partial charge in [0.2, 0.25) is 0 Å². The molecule has 1 N–H and O–H groups in total. The molecule has 0 fully saturated rings. The van der Waals surface area contributed by atoms with Gasteiger partial charge in [-0.25, -0.2) is 0 Å². The van der Waals surface area contributed by atoms with Gasteiger partial charge in [-0.1, -0.05) is 39.8 Å². The lowest BCUT2D eigenvalue weighted by Crippen LogP contribution is -2.26. The van der Waals surface area contributed by atoms with Crippen LogP contribution >= 0.6 is 0 Å². The molecule has 0 heterocycles. The van der Waals surface area contributed by atoms with Crippen LogP contribution in [0.4, 0.5) is 0 Å². The molecule has 0 bridgehead atoms. The molecular weight excluding hydrogens is 296 g/mol. The van der Waals surface area contributed by atoms with Crippen molar-refractivity contribution in [2.45, 2.75) is 56.8 Å². The highest BCUT2D eigenvalue weighted by Gasteiger charge is 2.56. The van der Waals surface area contributed by atoms with Crippen molar-refractivity contribution in [3.8, 4) is 11.5 Å². The lowest BCUT2D eigenvalue weighted by atomic mass is 9.72. The predicted octanol–water partition coefficient (Wildman–Crippen LogP) is 5.05. The van der Waals surface area contributed by atoms with Crippen LogP contribution in [0.5, 0.6) is 11.5 Å². The molecule has 2 nitrogen and oxygen atoms in total. The van der Waals surface area contributed by atoms with Gasteiger partial charge >= 0.3 is 0 Å². The fourth-order valence-corrected chi connectivity index (χ4v) is 5.44. The van der Waals surface area contributed by atoms with Crippen molar-refractivity contribution in [2.75, 3.05) is 7.11 Å². The minimum absolute atomic E-state index is 0.0368. The lowest BCUT2D eigenvalue weighted by molar-refractivity contribution is 0.348. The van der Waals surface area contributed by atoms with E-state index in [1.54, 1.807) is 7.11 Å². The second kappa shape index (κ2) is 4.56. The van der Waals surface area contributed by atoms with Crippen LogP contribution in [0.2, 0.25) is 0 Å². The molecule has 2 aliphatic rings. The Bertz CT molecular complexity index is 828. The van der Waals surface area contributed by atoms with Crippen molar-refractivity contribution >= 4 is 0 Å². The third-order valence-electron chi connectivity index (χ3n) is 6.21. The molecule has 1 spiro atoms. The molecule has 1 atom stereocenters. The second-order valence-electron chi connectivity index (χ2n) is 8.84. The summed E-state index contributed by atoms with van der Waals surface area (Å²) in [5.74, 6) is 1.28. The molecule has 0 amide bonds. The molecule has 4 rings (SSSR count). The first-order valence-corrected chi connectivity index (χ1v) is 8.73. The molecule has 2 heteroatoms. The predicted molar refractivity (Wildman–Crippen MR) is 97.2 cm³/mol. The molecule has 0 aliphatic heterocycles. The Hall–Kier alpha value is -1.96. The summed E-state index contributed by atoms with van der Waals surface area (Å²) < 4.78 is 5.52. The standard InChI is InChI=1S/C22H26O2/c1-20(2)12-22(18-10-14(23)6-8-16(18)20)13-21(3,4)17-9-7-15(24-5)11-19(17)22/h6-11,23H,12-13H2,1-5H3. The summed E-state index contributed by atoms with van der Waals surface area (Å²) in [6.45, 7) is 9.31. The molecule has 1 unspecified atom stereocenters. The SMILES string of the molecule is COc1ccc2c(c1)C1(CC(C)(C)c3ccc(O)cc31)CC2(C)C. The number of hydrogen-bond acceptors (Lipinski definition) is 2. The average Bonchev–Trinajstić information content (AvgIpc) is 2.87. The van der Waals surface area contributed by atoms with Crippen molar-refractivity contribution in [2.24, 2.45) is 0 Å². The topological polar surface area (TPSA) is 29.5 Å². The van der Waals surface area contributed by atoms with Gasteiger partial charge in [-0.2, -0.15) is 0 Å². The highest BCUT2D eigenvalue weighted by Crippen LogP contribution is 2.63. The maximum absolute atomic E-state index is 10.2. The van der Waals surface area contributed by atoms with Gasteiger partial charge in [-0.3, -0.25) is 0 Å². The third kappa shape index (κ3) is 1.89. The molecule has 0 radical (unpaired) electrons. The summed E-state index contributed by atoms with van der Waals surface area (Å²) in [5, 5.41) is 10.2. The van der Waals surface area contributed by atoms with Crippen LogP contribution in [-0.4, -0.2) is 12.2 Å². The van der Waals surface area contributed by atoms with Crippen molar-refractivity contribution < 1.29 is 9.84 Å². The number of phenols is 1. The Balaban J connectivity index is 2.04. The number of hydrogen-bond donors (Lipinski definition) is 1. The molecular formula is C22H26O2. The fourth-order valence-electron chi connectivity index (χ4n) is 5.44. The van der Waals surface area contributed by atoms with Crippen molar-refractivity contribution in [1.82, 2.24) is 0 Å². The van der Waals surface area contributed by atoms with Crippen LogP contribution in [0.3, 0.4) is 0 Å². The zero-order valence-electron chi connectivity index (χ0n) is 15.2. The number of aromatic hydroxyl groups is 1. The van der Waals surface area contributed by atoms with Crippen LogP contribution in [0.1, 0.15) is 62.8 Å². The summed E-state index contributed by atoms with van der Waals surface area (Å²) in [7, 11) is 1.73. The number of phenolic OH excluding ortho intramolecular Hbond substituents is 1. The van der Waals surface area contributed by atoms with Gasteiger partial charge in [0.1, 0.15) is 11.5 Å². The average molecular weight is 322 g/mol. The summed E-state index contributed by atoms with van der Waals surface area (Å²) >= 11 is 0. The maximum Gasteiger partial charge on any atom is 0.119 e. The molecule has 0 aromatic heterocycles. The lowest BCUT2D eigenvalue weighted by Gasteiger charge is -2.30. The van der Waals surface area contributed by atoms with Crippen molar-refractivity contribution in [1.29, 1.82) is 0 Å². The van der Waals surface area contributed by atoms with Gasteiger partial charge in [0, 0.05) is 5.41 Å². The Morgan fingerprint density at radius 1 is 0.792 bits per heavy atom. The van der Waals surface area contributed by atoms with Crippen molar-refractivity contribution in [3.63, 3.8) is 0 Å². The summed E-state index contributed by atoms with van der Waals surface area (Å²) in [6, 6.07) is 12.5. The number of rotatable bonds is 1. The van der Waals surface area contributed by atoms with E-state index in [9.17, 15) is 5.11 Å². The zero-order chi connectivity index (χ0) is 17.3. The molecule has 2 aliphatic carbocycles. The van der Waals surface area contributed by atoms with Crippen LogP contribution in [0.25, 0.3) is 0 Å². The molecule has 126 valence electrons. The number of ether oxygens (including phenoxy) is 1. The van der Waals surface area contributed by atoms with E-state index >= 15 is 0 Å². The first-order chi connectivity index (χ1) is 11.2. The summed E-state index contributed by atoms with van der Waals surface area (Å²) in [6.07, 6.45) is 2.14. The summed E-state index contributed by atoms with van der Waals surface area (Å²) in [4.78, 5) is 0. The van der Waals surface area contributed by atoms with Gasteiger partial charge in [-0.15, -0.1) is 0 Å². The Morgan fingerprint density at radius 3 is 1.92 bits per heavy atom. The molecule has 2 aromatic rings. The van der Waals surface area contributed by atoms with Crippen LogP contribution in [-0.2, 0) is 16.2 Å². The first-order valence-electron chi connectivity index (χ1n) is 8.73. The van der Waals surface area contributed by atoms with E-state index < -0.39 is 0 Å². The van der Waals surface area contributed by atoms with Crippen LogP contribution in [0, 0.1) is 0 Å². The van der Waals surface area contributed by atoms with Crippen LogP contribution in [0.15, 0.2) is 36.4 Å². The highest BCUT2D eigenvalue weighted by atomic mass is 16.5. The van der Waals surface area contributed by atoms with Gasteiger partial charge < -0.3 is 9.84 Å². The van der Waals surface area contributed by atoms with Gasteiger partial charge in [0.05, 0.1) is 7.11 Å². The van der Waals surface area contributed by atoms with Crippen LogP contribution < -0.4 is 4.74 Å². The van der Waals surface area contributed by atoms with Gasteiger partial charge in [-0.05, 0) is 70.2 Å². The highest BCUT2D eigenvalue weighted by molar-refractivity contribution is 5.61. The van der Waals surface area contributed by atoms with Crippen molar-refractivity contribution in [3.05, 3.63) is 58.7 Å². The van der Waals surface area contributed by atoms with E-state index in [1.165, 1.54) is 22.3 Å². The quantitative estimate of drug-likeness (QED) is 0.796. The normalized spacial score (nSPS) is 25.5. The second-order valence-corrected chi connectivity index (χ2v) is 8.84. The molecule has 2 aromatic carbocycles. The first kappa shape index (κ1) is 15.6. The Labute approximate surface area is 144 Å². The van der Waals surface area contributed by atoms with Gasteiger partial charge in [0.25, 0.3) is 0 Å². The smallest absolute Gasteiger partial charge is 0.119 e. The maximum atomic E-state index is 10.2. The minimum atomic E-state index is -0.0368. The van der Waals surface area contributed by atoms with E-state index in [0.29, 0.717) is 5.75 Å². The largest absolute Gasteiger partial charge is 0.508 e. The zero-order valence-corrected chi connectivity index (χ0v) is 15.2. The van der Waals surface area contributed by atoms with Gasteiger partial charge in [0.15, 0.2) is 0 Å².